The van der Waals surface area contributed by atoms with Gasteiger partial charge in [0, 0.05) is 18.0 Å². The van der Waals surface area contributed by atoms with Gasteiger partial charge in [0.15, 0.2) is 0 Å². The Hall–Kier alpha value is -1.32. The third kappa shape index (κ3) is 5.35. The fraction of sp³-hybridized carbons (Fsp3) is 0.412. The molecule has 1 heterocycles. The van der Waals surface area contributed by atoms with Crippen LogP contribution in [-0.2, 0) is 13.1 Å². The minimum atomic E-state index is 0.819. The molecule has 0 amide bonds. The SMILES string of the molecule is CCCCCOc1cccc(CNCc2cccs2)c1. The molecule has 0 saturated heterocycles. The van der Waals surface area contributed by atoms with E-state index in [4.69, 9.17) is 4.74 Å². The largest absolute Gasteiger partial charge is 0.494 e. The van der Waals surface area contributed by atoms with Gasteiger partial charge in [-0.15, -0.1) is 11.3 Å². The van der Waals surface area contributed by atoms with Crippen LogP contribution in [0.2, 0.25) is 0 Å². The van der Waals surface area contributed by atoms with Crippen molar-refractivity contribution in [3.05, 3.63) is 52.2 Å². The summed E-state index contributed by atoms with van der Waals surface area (Å²) in [7, 11) is 0. The van der Waals surface area contributed by atoms with Gasteiger partial charge in [-0.25, -0.2) is 0 Å². The summed E-state index contributed by atoms with van der Waals surface area (Å²) in [6.07, 6.45) is 3.61. The molecule has 1 N–H and O–H groups in total. The van der Waals surface area contributed by atoms with Crippen molar-refractivity contribution in [1.29, 1.82) is 0 Å². The molecule has 2 rings (SSSR count). The standard InChI is InChI=1S/C17H23NOS/c1-2-3-4-10-19-16-8-5-7-15(12-16)13-18-14-17-9-6-11-20-17/h5-9,11-12,18H,2-4,10,13-14H2,1H3. The topological polar surface area (TPSA) is 21.3 Å². The van der Waals surface area contributed by atoms with Gasteiger partial charge in [-0.2, -0.15) is 0 Å². The smallest absolute Gasteiger partial charge is 0.119 e. The van der Waals surface area contributed by atoms with E-state index in [0.29, 0.717) is 0 Å². The highest BCUT2D eigenvalue weighted by Gasteiger charge is 1.98. The molecule has 1 aromatic heterocycles. The number of unbranched alkanes of at least 4 members (excludes halogenated alkanes) is 2. The van der Waals surface area contributed by atoms with Gasteiger partial charge in [0.25, 0.3) is 0 Å². The lowest BCUT2D eigenvalue weighted by atomic mass is 10.2. The van der Waals surface area contributed by atoms with Crippen LogP contribution in [-0.4, -0.2) is 6.61 Å². The maximum atomic E-state index is 5.78. The Morgan fingerprint density at radius 2 is 2.05 bits per heavy atom. The van der Waals surface area contributed by atoms with Gasteiger partial charge in [-0.3, -0.25) is 0 Å². The van der Waals surface area contributed by atoms with Gasteiger partial charge < -0.3 is 10.1 Å². The van der Waals surface area contributed by atoms with Crippen LogP contribution in [0.5, 0.6) is 5.75 Å². The normalized spacial score (nSPS) is 10.7. The van der Waals surface area contributed by atoms with E-state index in [9.17, 15) is 0 Å². The summed E-state index contributed by atoms with van der Waals surface area (Å²) in [4.78, 5) is 1.37. The summed E-state index contributed by atoms with van der Waals surface area (Å²) in [6.45, 7) is 4.84. The summed E-state index contributed by atoms with van der Waals surface area (Å²) in [5.74, 6) is 0.983. The summed E-state index contributed by atoms with van der Waals surface area (Å²) < 4.78 is 5.78. The van der Waals surface area contributed by atoms with Crippen molar-refractivity contribution in [1.82, 2.24) is 5.32 Å². The fourth-order valence-electron chi connectivity index (χ4n) is 2.03. The molecule has 0 bridgehead atoms. The lowest BCUT2D eigenvalue weighted by Crippen LogP contribution is -2.11. The van der Waals surface area contributed by atoms with Crippen LogP contribution >= 0.6 is 11.3 Å². The molecule has 2 nitrogen and oxygen atoms in total. The molecule has 1 aromatic carbocycles. The summed E-state index contributed by atoms with van der Waals surface area (Å²) in [6, 6.07) is 12.6. The third-order valence-electron chi connectivity index (χ3n) is 3.12. The molecule has 0 aliphatic carbocycles. The summed E-state index contributed by atoms with van der Waals surface area (Å²) in [5.41, 5.74) is 1.27. The number of rotatable bonds is 9. The maximum absolute atomic E-state index is 5.78. The second-order valence-electron chi connectivity index (χ2n) is 4.89. The second kappa shape index (κ2) is 8.77. The Kier molecular flexibility index (Phi) is 6.61. The van der Waals surface area contributed by atoms with E-state index in [2.05, 4.69) is 48.0 Å². The molecule has 0 saturated carbocycles. The van der Waals surface area contributed by atoms with Gasteiger partial charge in [0.05, 0.1) is 6.61 Å². The zero-order valence-corrected chi connectivity index (χ0v) is 12.9. The van der Waals surface area contributed by atoms with E-state index < -0.39 is 0 Å². The predicted molar refractivity (Wildman–Crippen MR) is 86.3 cm³/mol. The molecule has 108 valence electrons. The summed E-state index contributed by atoms with van der Waals surface area (Å²) in [5, 5.41) is 5.58. The Morgan fingerprint density at radius 1 is 1.10 bits per heavy atom. The van der Waals surface area contributed by atoms with Crippen molar-refractivity contribution >= 4 is 11.3 Å². The Balaban J connectivity index is 1.74. The van der Waals surface area contributed by atoms with Crippen LogP contribution in [0, 0.1) is 0 Å². The molecule has 0 spiro atoms. The van der Waals surface area contributed by atoms with Crippen molar-refractivity contribution < 1.29 is 4.74 Å². The van der Waals surface area contributed by atoms with Crippen molar-refractivity contribution in [3.8, 4) is 5.75 Å². The first-order valence-corrected chi connectivity index (χ1v) is 8.21. The lowest BCUT2D eigenvalue weighted by Gasteiger charge is -2.08. The van der Waals surface area contributed by atoms with E-state index in [-0.39, 0.29) is 0 Å². The van der Waals surface area contributed by atoms with E-state index >= 15 is 0 Å². The highest BCUT2D eigenvalue weighted by molar-refractivity contribution is 7.09. The molecule has 0 fully saturated rings. The van der Waals surface area contributed by atoms with Crippen LogP contribution in [0.4, 0.5) is 0 Å². The average Bonchev–Trinajstić information content (AvgIpc) is 2.97. The first-order chi connectivity index (χ1) is 9.88. The summed E-state index contributed by atoms with van der Waals surface area (Å²) >= 11 is 1.79. The van der Waals surface area contributed by atoms with E-state index in [1.54, 1.807) is 11.3 Å². The Morgan fingerprint density at radius 3 is 2.85 bits per heavy atom. The monoisotopic (exact) mass is 289 g/mol. The fourth-order valence-corrected chi connectivity index (χ4v) is 2.70. The number of nitrogens with one attached hydrogen (secondary N) is 1. The Labute approximate surface area is 125 Å². The van der Waals surface area contributed by atoms with Crippen LogP contribution in [0.15, 0.2) is 41.8 Å². The average molecular weight is 289 g/mol. The molecule has 0 radical (unpaired) electrons. The number of hydrogen-bond acceptors (Lipinski definition) is 3. The highest BCUT2D eigenvalue weighted by atomic mass is 32.1. The first-order valence-electron chi connectivity index (χ1n) is 7.33. The van der Waals surface area contributed by atoms with Gasteiger partial charge in [-0.05, 0) is 35.6 Å². The predicted octanol–water partition coefficient (Wildman–Crippen LogP) is 4.61. The van der Waals surface area contributed by atoms with Crippen LogP contribution < -0.4 is 10.1 Å². The molecule has 0 atom stereocenters. The van der Waals surface area contributed by atoms with Crippen molar-refractivity contribution in [3.63, 3.8) is 0 Å². The van der Waals surface area contributed by atoms with Gasteiger partial charge in [0.1, 0.15) is 5.75 Å². The van der Waals surface area contributed by atoms with E-state index in [0.717, 1.165) is 31.9 Å². The molecular formula is C17H23NOS. The van der Waals surface area contributed by atoms with Crippen LogP contribution in [0.3, 0.4) is 0 Å². The van der Waals surface area contributed by atoms with Crippen molar-refractivity contribution in [2.45, 2.75) is 39.3 Å². The minimum absolute atomic E-state index is 0.819. The van der Waals surface area contributed by atoms with Crippen molar-refractivity contribution in [2.75, 3.05) is 6.61 Å². The second-order valence-corrected chi connectivity index (χ2v) is 5.92. The quantitative estimate of drug-likeness (QED) is 0.681. The number of hydrogen-bond donors (Lipinski definition) is 1. The third-order valence-corrected chi connectivity index (χ3v) is 4.00. The van der Waals surface area contributed by atoms with Gasteiger partial charge in [0.2, 0.25) is 0 Å². The molecule has 0 aliphatic rings. The van der Waals surface area contributed by atoms with Crippen LogP contribution in [0.1, 0.15) is 36.6 Å². The number of ether oxygens (including phenoxy) is 1. The Bertz CT molecular complexity index is 481. The molecule has 0 aliphatic heterocycles. The maximum Gasteiger partial charge on any atom is 0.119 e. The van der Waals surface area contributed by atoms with E-state index in [1.165, 1.54) is 23.3 Å². The molecule has 0 unspecified atom stereocenters. The van der Waals surface area contributed by atoms with Gasteiger partial charge in [-0.1, -0.05) is 38.0 Å². The van der Waals surface area contributed by atoms with Crippen molar-refractivity contribution in [2.24, 2.45) is 0 Å². The first kappa shape index (κ1) is 15.1. The molecular weight excluding hydrogens is 266 g/mol. The molecule has 2 aromatic rings. The van der Waals surface area contributed by atoms with Gasteiger partial charge >= 0.3 is 0 Å². The number of thiophene rings is 1. The number of benzene rings is 1. The molecule has 3 heteroatoms. The van der Waals surface area contributed by atoms with E-state index in [1.807, 2.05) is 6.07 Å². The van der Waals surface area contributed by atoms with Crippen LogP contribution in [0.25, 0.3) is 0 Å². The lowest BCUT2D eigenvalue weighted by molar-refractivity contribution is 0.306. The molecule has 20 heavy (non-hydrogen) atoms. The minimum Gasteiger partial charge on any atom is -0.494 e. The highest BCUT2D eigenvalue weighted by Crippen LogP contribution is 2.14. The zero-order valence-electron chi connectivity index (χ0n) is 12.1. The zero-order chi connectivity index (χ0) is 14.0.